The van der Waals surface area contributed by atoms with Crippen LogP contribution >= 0.6 is 11.6 Å². The highest BCUT2D eigenvalue weighted by Gasteiger charge is 2.63. The van der Waals surface area contributed by atoms with E-state index < -0.39 is 65.6 Å². The van der Waals surface area contributed by atoms with Crippen LogP contribution < -0.4 is 20.7 Å². The number of carbonyl (C=O) groups excluding carboxylic acids is 5. The number of ether oxygens (including phenoxy) is 7. The van der Waals surface area contributed by atoms with E-state index in [4.69, 9.17) is 50.6 Å². The van der Waals surface area contributed by atoms with Gasteiger partial charge in [0.15, 0.2) is 54.5 Å². The van der Waals surface area contributed by atoms with Gasteiger partial charge in [0, 0.05) is 25.0 Å². The second-order valence-corrected chi connectivity index (χ2v) is 12.6. The molecule has 8 atom stereocenters. The predicted molar refractivity (Wildman–Crippen MR) is 167 cm³/mol. The number of fused-ring (bicyclic) bond motifs is 1. The van der Waals surface area contributed by atoms with E-state index in [0.717, 1.165) is 25.7 Å². The van der Waals surface area contributed by atoms with Gasteiger partial charge in [0.2, 0.25) is 0 Å². The van der Waals surface area contributed by atoms with Gasteiger partial charge in [0.25, 0.3) is 5.91 Å². The van der Waals surface area contributed by atoms with Crippen molar-refractivity contribution in [2.24, 2.45) is 17.7 Å². The monoisotopic (exact) mass is 692 g/mol. The van der Waals surface area contributed by atoms with Crippen LogP contribution in [-0.4, -0.2) is 87.9 Å². The number of nitrogens with one attached hydrogen (secondary N) is 1. The lowest BCUT2D eigenvalue weighted by atomic mass is 9.65. The molecule has 262 valence electrons. The Kier molecular flexibility index (Phi) is 11.5. The number of nitrogen functional groups attached to an aromatic ring is 1. The van der Waals surface area contributed by atoms with Crippen LogP contribution in [0.4, 0.5) is 0 Å². The summed E-state index contributed by atoms with van der Waals surface area (Å²) in [7, 11) is 2.69. The molecule has 0 aromatic heterocycles. The Morgan fingerprint density at radius 1 is 0.979 bits per heavy atom. The lowest BCUT2D eigenvalue weighted by Gasteiger charge is -2.44. The van der Waals surface area contributed by atoms with Crippen molar-refractivity contribution in [1.82, 2.24) is 5.43 Å². The topological polar surface area (TPSA) is 188 Å². The molecule has 5 rings (SSSR count). The quantitative estimate of drug-likeness (QED) is 0.101. The molecule has 2 fully saturated rings. The summed E-state index contributed by atoms with van der Waals surface area (Å²) in [5.74, 6) is 0.590. The van der Waals surface area contributed by atoms with E-state index in [9.17, 15) is 24.0 Å². The summed E-state index contributed by atoms with van der Waals surface area (Å²) in [6, 6.07) is 1.32. The largest absolute Gasteiger partial charge is 0.497 e. The third kappa shape index (κ3) is 6.61. The number of benzene rings is 1. The summed E-state index contributed by atoms with van der Waals surface area (Å²) in [4.78, 5) is 65.6. The van der Waals surface area contributed by atoms with Gasteiger partial charge in [-0.1, -0.05) is 18.5 Å². The molecular weight excluding hydrogens is 652 g/mol. The second kappa shape index (κ2) is 15.4. The van der Waals surface area contributed by atoms with Gasteiger partial charge in [-0.2, -0.15) is 0 Å². The Morgan fingerprint density at radius 3 is 2.08 bits per heavy atom. The Morgan fingerprint density at radius 2 is 1.58 bits per heavy atom. The Bertz CT molecular complexity index is 1440. The lowest BCUT2D eigenvalue weighted by molar-refractivity contribution is -0.192. The van der Waals surface area contributed by atoms with Crippen LogP contribution in [0.5, 0.6) is 11.5 Å². The van der Waals surface area contributed by atoms with E-state index in [1.165, 1.54) is 26.4 Å². The number of allylic oxidation sites excluding steroid dienone is 1. The highest BCUT2D eigenvalue weighted by atomic mass is 35.5. The van der Waals surface area contributed by atoms with Crippen LogP contribution in [0.25, 0.3) is 0 Å². The number of hydrazine groups is 1. The predicted octanol–water partition coefficient (Wildman–Crippen LogP) is 2.71. The van der Waals surface area contributed by atoms with Gasteiger partial charge in [0.05, 0.1) is 30.4 Å². The van der Waals surface area contributed by atoms with Crippen molar-refractivity contribution in [3.63, 3.8) is 0 Å². The van der Waals surface area contributed by atoms with Gasteiger partial charge < -0.3 is 33.2 Å². The number of Topliss-reactive ketones (excluding diaryl/α,β-unsaturated/α-hetero) is 2. The number of nitrogens with two attached hydrogens (primary N) is 1. The highest BCUT2D eigenvalue weighted by Crippen LogP contribution is 2.61. The molecule has 1 aromatic rings. The molecular formula is C33H41ClN2O12. The highest BCUT2D eigenvalue weighted by molar-refractivity contribution is 6.35. The van der Waals surface area contributed by atoms with Crippen molar-refractivity contribution in [1.29, 1.82) is 0 Å². The fourth-order valence-corrected chi connectivity index (χ4v) is 7.34. The fourth-order valence-electron chi connectivity index (χ4n) is 7.06. The van der Waals surface area contributed by atoms with Crippen molar-refractivity contribution in [3.05, 3.63) is 34.1 Å². The van der Waals surface area contributed by atoms with Crippen LogP contribution in [0, 0.1) is 11.8 Å². The zero-order valence-corrected chi connectivity index (χ0v) is 27.8. The molecule has 0 radical (unpaired) electrons. The molecule has 3 aliphatic heterocycles. The van der Waals surface area contributed by atoms with E-state index in [1.54, 1.807) is 6.92 Å². The standard InChI is InChI=1S/C33H41ClN2O12/c1-17-12-18(29(39)21(15-37)46-24-8-4-6-10-44-24)13-23(43-3)33(17)27(30(40)22(16-38)47-25-9-5-7-11-45-25)26-20(42-2)14-19(32(41)36-35)28(34)31(26)48-33/h13-18,21-22,24-25,27H,4-12,35H2,1-3H3,(H,36,41)/t17-,18?,21+,22+,24?,25?,27?,33-/m1/s1. The zero-order chi connectivity index (χ0) is 34.6. The summed E-state index contributed by atoms with van der Waals surface area (Å²) < 4.78 is 41.0. The van der Waals surface area contributed by atoms with Gasteiger partial charge in [-0.05, 0) is 57.1 Å². The molecule has 2 saturated heterocycles. The molecule has 0 bridgehead atoms. The number of hydrogen-bond donors (Lipinski definition) is 2. The van der Waals surface area contributed by atoms with Gasteiger partial charge in [-0.25, -0.2) is 5.84 Å². The van der Waals surface area contributed by atoms with Crippen LogP contribution in [0.1, 0.15) is 73.7 Å². The normalized spacial score (nSPS) is 29.4. The molecule has 1 spiro atoms. The van der Waals surface area contributed by atoms with Crippen molar-refractivity contribution < 1.29 is 57.1 Å². The first-order chi connectivity index (χ1) is 23.1. The number of rotatable bonds is 13. The summed E-state index contributed by atoms with van der Waals surface area (Å²) in [5, 5.41) is -0.162. The molecule has 48 heavy (non-hydrogen) atoms. The molecule has 1 aromatic carbocycles. The molecule has 4 unspecified atom stereocenters. The summed E-state index contributed by atoms with van der Waals surface area (Å²) in [6.45, 7) is 2.63. The molecule has 4 aliphatic rings. The van der Waals surface area contributed by atoms with Gasteiger partial charge >= 0.3 is 0 Å². The maximum atomic E-state index is 14.6. The first-order valence-corrected chi connectivity index (χ1v) is 16.4. The summed E-state index contributed by atoms with van der Waals surface area (Å²) in [6.07, 6.45) is 2.31. The van der Waals surface area contributed by atoms with Crippen molar-refractivity contribution in [2.45, 2.75) is 88.2 Å². The second-order valence-electron chi connectivity index (χ2n) is 12.2. The molecule has 1 aliphatic carbocycles. The maximum absolute atomic E-state index is 14.6. The van der Waals surface area contributed by atoms with Crippen molar-refractivity contribution in [3.8, 4) is 11.5 Å². The third-order valence-corrected chi connectivity index (χ3v) is 9.81. The minimum Gasteiger partial charge on any atom is -0.497 e. The van der Waals surface area contributed by atoms with E-state index in [2.05, 4.69) is 0 Å². The molecule has 15 heteroatoms. The van der Waals surface area contributed by atoms with Crippen LogP contribution in [0.3, 0.4) is 0 Å². The lowest BCUT2D eigenvalue weighted by Crippen LogP contribution is -2.55. The molecule has 14 nitrogen and oxygen atoms in total. The van der Waals surface area contributed by atoms with Crippen LogP contribution in [-0.2, 0) is 42.9 Å². The Labute approximate surface area is 282 Å². The average molecular weight is 693 g/mol. The molecule has 0 saturated carbocycles. The smallest absolute Gasteiger partial charge is 0.266 e. The van der Waals surface area contributed by atoms with E-state index in [0.29, 0.717) is 38.6 Å². The number of aldehydes is 2. The number of amides is 1. The minimum atomic E-state index is -1.69. The SMILES string of the molecule is COC1=CC(C(=O)[C@H](C=O)OC2CCCCO2)C[C@@H](C)[C@@]12Oc1c(Cl)c(C(=O)NN)cc(OC)c1C2C(=O)[C@H](C=O)OC1CCCCO1. The van der Waals surface area contributed by atoms with E-state index in [-0.39, 0.29) is 39.8 Å². The van der Waals surface area contributed by atoms with Gasteiger partial charge in [0.1, 0.15) is 23.2 Å². The van der Waals surface area contributed by atoms with E-state index in [1.807, 2.05) is 5.43 Å². The molecule has 1 amide bonds. The minimum absolute atomic E-state index is 0.0598. The number of carbonyl (C=O) groups is 5. The van der Waals surface area contributed by atoms with Gasteiger partial charge in [-0.15, -0.1) is 0 Å². The van der Waals surface area contributed by atoms with Crippen LogP contribution in [0.15, 0.2) is 17.9 Å². The Balaban J connectivity index is 1.60. The third-order valence-electron chi connectivity index (χ3n) is 9.43. The maximum Gasteiger partial charge on any atom is 0.266 e. The number of halogens is 1. The zero-order valence-electron chi connectivity index (χ0n) is 27.1. The first-order valence-electron chi connectivity index (χ1n) is 16.0. The first kappa shape index (κ1) is 35.9. The average Bonchev–Trinajstić information content (AvgIpc) is 3.48. The van der Waals surface area contributed by atoms with Crippen molar-refractivity contribution in [2.75, 3.05) is 27.4 Å². The number of ketones is 2. The van der Waals surface area contributed by atoms with Gasteiger partial charge in [-0.3, -0.25) is 29.4 Å². The molecule has 3 N–H and O–H groups in total. The van der Waals surface area contributed by atoms with E-state index >= 15 is 0 Å². The number of hydrogen-bond acceptors (Lipinski definition) is 13. The Hall–Kier alpha value is -3.40. The number of methoxy groups -OCH3 is 2. The van der Waals surface area contributed by atoms with Crippen molar-refractivity contribution >= 4 is 41.6 Å². The van der Waals surface area contributed by atoms with Crippen LogP contribution in [0.2, 0.25) is 5.02 Å². The molecule has 3 heterocycles. The summed E-state index contributed by atoms with van der Waals surface area (Å²) >= 11 is 6.76. The fraction of sp³-hybridized carbons (Fsp3) is 0.606. The summed E-state index contributed by atoms with van der Waals surface area (Å²) in [5.41, 5.74) is 0.404.